The molecule has 0 fully saturated rings. The third-order valence-electron chi connectivity index (χ3n) is 5.18. The molecule has 0 aliphatic heterocycles. The highest BCUT2D eigenvalue weighted by atomic mass is 16.7. The number of anilines is 2. The summed E-state index contributed by atoms with van der Waals surface area (Å²) in [7, 11) is 1.95. The van der Waals surface area contributed by atoms with Crippen LogP contribution in [0.5, 0.6) is 0 Å². The van der Waals surface area contributed by atoms with Gasteiger partial charge in [0.25, 0.3) is 5.91 Å². The van der Waals surface area contributed by atoms with Crippen molar-refractivity contribution < 1.29 is 9.63 Å². The SMILES string of the molecule is CCN(CC)c1ccc(N(C)CONC(=O)c2cccc3ccccc23)c(C)c1. The van der Waals surface area contributed by atoms with E-state index in [0.29, 0.717) is 5.56 Å². The molecule has 5 heteroatoms. The molecule has 0 aliphatic rings. The van der Waals surface area contributed by atoms with E-state index in [2.05, 4.69) is 49.4 Å². The normalized spacial score (nSPS) is 10.8. The van der Waals surface area contributed by atoms with Gasteiger partial charge >= 0.3 is 0 Å². The molecule has 3 aromatic rings. The average Bonchev–Trinajstić information content (AvgIpc) is 2.74. The van der Waals surface area contributed by atoms with Gasteiger partial charge in [-0.3, -0.25) is 9.63 Å². The Bertz CT molecular complexity index is 978. The smallest absolute Gasteiger partial charge is 0.275 e. The van der Waals surface area contributed by atoms with Crippen molar-refractivity contribution in [2.75, 3.05) is 36.7 Å². The summed E-state index contributed by atoms with van der Waals surface area (Å²) in [5, 5.41) is 1.94. The fourth-order valence-electron chi connectivity index (χ4n) is 3.60. The minimum Gasteiger partial charge on any atom is -0.372 e. The summed E-state index contributed by atoms with van der Waals surface area (Å²) in [6, 6.07) is 19.9. The number of hydroxylamine groups is 1. The molecule has 3 rings (SSSR count). The maximum atomic E-state index is 12.6. The molecule has 0 aliphatic carbocycles. The Morgan fingerprint density at radius 1 is 1.00 bits per heavy atom. The number of nitrogens with zero attached hydrogens (tertiary/aromatic N) is 2. The first kappa shape index (κ1) is 20.7. The Balaban J connectivity index is 1.62. The van der Waals surface area contributed by atoms with Crippen LogP contribution in [0.25, 0.3) is 10.8 Å². The van der Waals surface area contributed by atoms with Crippen LogP contribution in [0, 0.1) is 6.92 Å². The number of nitrogens with one attached hydrogen (secondary N) is 1. The van der Waals surface area contributed by atoms with E-state index in [4.69, 9.17) is 4.84 Å². The molecule has 3 aromatic carbocycles. The van der Waals surface area contributed by atoms with Gasteiger partial charge in [0.05, 0.1) is 0 Å². The second-order valence-corrected chi connectivity index (χ2v) is 7.07. The standard InChI is InChI=1S/C24H29N3O2/c1-5-27(6-2)20-14-15-23(18(3)16-20)26(4)17-29-25-24(28)22-13-9-11-19-10-7-8-12-21(19)22/h7-16H,5-6,17H2,1-4H3,(H,25,28). The van der Waals surface area contributed by atoms with E-state index in [9.17, 15) is 4.79 Å². The Labute approximate surface area is 172 Å². The lowest BCUT2D eigenvalue weighted by molar-refractivity contribution is 0.0328. The third-order valence-corrected chi connectivity index (χ3v) is 5.18. The summed E-state index contributed by atoms with van der Waals surface area (Å²) in [5.41, 5.74) is 6.63. The van der Waals surface area contributed by atoms with E-state index >= 15 is 0 Å². The monoisotopic (exact) mass is 391 g/mol. The van der Waals surface area contributed by atoms with Gasteiger partial charge in [0.1, 0.15) is 6.73 Å². The fourth-order valence-corrected chi connectivity index (χ4v) is 3.60. The lowest BCUT2D eigenvalue weighted by Crippen LogP contribution is -2.31. The van der Waals surface area contributed by atoms with E-state index in [1.54, 1.807) is 6.07 Å². The molecule has 1 N–H and O–H groups in total. The van der Waals surface area contributed by atoms with Crippen molar-refractivity contribution in [3.05, 3.63) is 71.8 Å². The zero-order chi connectivity index (χ0) is 20.8. The van der Waals surface area contributed by atoms with Crippen LogP contribution in [0.15, 0.2) is 60.7 Å². The first-order valence-corrected chi connectivity index (χ1v) is 10.0. The van der Waals surface area contributed by atoms with E-state index in [1.165, 1.54) is 11.3 Å². The van der Waals surface area contributed by atoms with Crippen LogP contribution in [0.2, 0.25) is 0 Å². The van der Waals surface area contributed by atoms with E-state index < -0.39 is 0 Å². The van der Waals surface area contributed by atoms with Gasteiger partial charge in [0.15, 0.2) is 0 Å². The molecule has 0 unspecified atom stereocenters. The third kappa shape index (κ3) is 4.69. The summed E-state index contributed by atoms with van der Waals surface area (Å²) in [4.78, 5) is 22.4. The summed E-state index contributed by atoms with van der Waals surface area (Å²) >= 11 is 0. The largest absolute Gasteiger partial charge is 0.372 e. The van der Waals surface area contributed by atoms with Gasteiger partial charge in [-0.1, -0.05) is 36.4 Å². The van der Waals surface area contributed by atoms with Crippen LogP contribution in [0.4, 0.5) is 11.4 Å². The van der Waals surface area contributed by atoms with Crippen molar-refractivity contribution in [1.82, 2.24) is 5.48 Å². The fraction of sp³-hybridized carbons (Fsp3) is 0.292. The molecule has 152 valence electrons. The van der Waals surface area contributed by atoms with Crippen molar-refractivity contribution in [3.63, 3.8) is 0 Å². The number of hydrogen-bond donors (Lipinski definition) is 1. The summed E-state index contributed by atoms with van der Waals surface area (Å²) in [6.07, 6.45) is 0. The topological polar surface area (TPSA) is 44.8 Å². The van der Waals surface area contributed by atoms with E-state index in [-0.39, 0.29) is 12.6 Å². The first-order valence-electron chi connectivity index (χ1n) is 10.0. The van der Waals surface area contributed by atoms with E-state index in [1.807, 2.05) is 48.3 Å². The molecule has 1 amide bonds. The number of fused-ring (bicyclic) bond motifs is 1. The molecule has 0 aromatic heterocycles. The van der Waals surface area contributed by atoms with Crippen LogP contribution in [-0.2, 0) is 4.84 Å². The molecule has 0 bridgehead atoms. The van der Waals surface area contributed by atoms with E-state index in [0.717, 1.165) is 29.5 Å². The van der Waals surface area contributed by atoms with Gasteiger partial charge in [0.2, 0.25) is 0 Å². The maximum absolute atomic E-state index is 12.6. The predicted octanol–water partition coefficient (Wildman–Crippen LogP) is 4.75. The minimum absolute atomic E-state index is 0.246. The Hall–Kier alpha value is -3.05. The molecule has 0 heterocycles. The highest BCUT2D eigenvalue weighted by Crippen LogP contribution is 2.25. The number of rotatable bonds is 8. The summed E-state index contributed by atoms with van der Waals surface area (Å²) in [6.45, 7) is 8.62. The maximum Gasteiger partial charge on any atom is 0.275 e. The van der Waals surface area contributed by atoms with Gasteiger partial charge in [0, 0.05) is 37.1 Å². The van der Waals surface area contributed by atoms with Gasteiger partial charge < -0.3 is 9.80 Å². The van der Waals surface area contributed by atoms with Crippen LogP contribution in [0.3, 0.4) is 0 Å². The quantitative estimate of drug-likeness (QED) is 0.445. The molecule has 0 atom stereocenters. The average molecular weight is 392 g/mol. The Kier molecular flexibility index (Phi) is 6.73. The van der Waals surface area contributed by atoms with Gasteiger partial charge in [-0.15, -0.1) is 0 Å². The number of carbonyl (C=O) groups is 1. The lowest BCUT2D eigenvalue weighted by Gasteiger charge is -2.25. The van der Waals surface area contributed by atoms with Crippen molar-refractivity contribution in [2.45, 2.75) is 20.8 Å². The van der Waals surface area contributed by atoms with Crippen LogP contribution in [0.1, 0.15) is 29.8 Å². The molecular formula is C24H29N3O2. The highest BCUT2D eigenvalue weighted by Gasteiger charge is 2.12. The molecule has 0 spiro atoms. The van der Waals surface area contributed by atoms with Crippen LogP contribution in [-0.4, -0.2) is 32.8 Å². The van der Waals surface area contributed by atoms with Crippen LogP contribution >= 0.6 is 0 Å². The van der Waals surface area contributed by atoms with Gasteiger partial charge in [-0.2, -0.15) is 0 Å². The number of amides is 1. The number of hydrogen-bond acceptors (Lipinski definition) is 4. The summed E-state index contributed by atoms with van der Waals surface area (Å²) < 4.78 is 0. The second-order valence-electron chi connectivity index (χ2n) is 7.07. The van der Waals surface area contributed by atoms with Crippen molar-refractivity contribution in [1.29, 1.82) is 0 Å². The van der Waals surface area contributed by atoms with Gasteiger partial charge in [-0.25, -0.2) is 5.48 Å². The molecule has 29 heavy (non-hydrogen) atoms. The van der Waals surface area contributed by atoms with Gasteiger partial charge in [-0.05, 0) is 61.4 Å². The zero-order valence-corrected chi connectivity index (χ0v) is 17.6. The minimum atomic E-state index is -0.246. The molecule has 5 nitrogen and oxygen atoms in total. The lowest BCUT2D eigenvalue weighted by atomic mass is 10.0. The Morgan fingerprint density at radius 2 is 1.72 bits per heavy atom. The van der Waals surface area contributed by atoms with Crippen molar-refractivity contribution >= 4 is 28.1 Å². The molecule has 0 saturated carbocycles. The number of aryl methyl sites for hydroxylation is 1. The highest BCUT2D eigenvalue weighted by molar-refractivity contribution is 6.06. The first-order chi connectivity index (χ1) is 14.0. The van der Waals surface area contributed by atoms with Crippen molar-refractivity contribution in [3.8, 4) is 0 Å². The van der Waals surface area contributed by atoms with Crippen molar-refractivity contribution in [2.24, 2.45) is 0 Å². The molecule has 0 saturated heterocycles. The zero-order valence-electron chi connectivity index (χ0n) is 17.6. The molecular weight excluding hydrogens is 362 g/mol. The molecule has 0 radical (unpaired) electrons. The van der Waals surface area contributed by atoms with Crippen LogP contribution < -0.4 is 15.3 Å². The predicted molar refractivity (Wildman–Crippen MR) is 121 cm³/mol. The summed E-state index contributed by atoms with van der Waals surface area (Å²) in [5.74, 6) is -0.246. The number of carbonyl (C=O) groups excluding carboxylic acids is 1. The number of benzene rings is 3. The second kappa shape index (κ2) is 9.43. The Morgan fingerprint density at radius 3 is 2.45 bits per heavy atom.